The van der Waals surface area contributed by atoms with E-state index in [1.165, 1.54) is 22.3 Å². The van der Waals surface area contributed by atoms with Gasteiger partial charge in [0.05, 0.1) is 0 Å². The number of anilines is 2. The maximum absolute atomic E-state index is 4.76. The van der Waals surface area contributed by atoms with E-state index < -0.39 is 0 Å². The van der Waals surface area contributed by atoms with E-state index in [0.29, 0.717) is 29.0 Å². The van der Waals surface area contributed by atoms with Crippen LogP contribution in [0.25, 0.3) is 30.9 Å². The van der Waals surface area contributed by atoms with Gasteiger partial charge in [-0.25, -0.2) is 0 Å². The van der Waals surface area contributed by atoms with Crippen LogP contribution in [0.3, 0.4) is 0 Å². The Bertz CT molecular complexity index is 1990. The summed E-state index contributed by atoms with van der Waals surface area (Å²) in [5.41, 5.74) is 10.2. The summed E-state index contributed by atoms with van der Waals surface area (Å²) in [5.74, 6) is 0. The van der Waals surface area contributed by atoms with Crippen LogP contribution in [0, 0.1) is 0 Å². The molecule has 5 aromatic heterocycles. The van der Waals surface area contributed by atoms with Crippen molar-refractivity contribution < 1.29 is 0 Å². The van der Waals surface area contributed by atoms with Gasteiger partial charge in [-0.2, -0.15) is 0 Å². The van der Waals surface area contributed by atoms with Gasteiger partial charge in [0.25, 0.3) is 0 Å². The van der Waals surface area contributed by atoms with Gasteiger partial charge in [-0.1, -0.05) is 0 Å². The van der Waals surface area contributed by atoms with Gasteiger partial charge in [0, 0.05) is 0 Å². The van der Waals surface area contributed by atoms with Crippen molar-refractivity contribution in [2.75, 3.05) is 5.01 Å². The number of rotatable bonds is 1. The molecule has 0 saturated carbocycles. The third-order valence-electron chi connectivity index (χ3n) is 7.75. The van der Waals surface area contributed by atoms with Crippen LogP contribution in [0.15, 0.2) is 101 Å². The van der Waals surface area contributed by atoms with E-state index in [4.69, 9.17) is 4.98 Å². The third kappa shape index (κ3) is 2.43. The predicted octanol–water partition coefficient (Wildman–Crippen LogP) is 5.37. The zero-order chi connectivity index (χ0) is 24.1. The SMILES string of the molecule is c1ccc2c(c1)N(n1cnc3ncccc31)c1cc3ncccc3cc1C21c2cc[se]c2-c2[se]ccc21. The summed E-state index contributed by atoms with van der Waals surface area (Å²) in [6, 6.07) is 26.7. The molecule has 0 amide bonds. The molecule has 0 N–H and O–H groups in total. The predicted molar refractivity (Wildman–Crippen MR) is 148 cm³/mol. The van der Waals surface area contributed by atoms with Crippen LogP contribution >= 0.6 is 0 Å². The van der Waals surface area contributed by atoms with Gasteiger partial charge in [-0.05, 0) is 0 Å². The molecule has 2 aromatic carbocycles. The Balaban J connectivity index is 1.49. The van der Waals surface area contributed by atoms with Crippen molar-refractivity contribution in [3.8, 4) is 8.87 Å². The van der Waals surface area contributed by atoms with Crippen LogP contribution in [-0.4, -0.2) is 48.6 Å². The molecule has 174 valence electrons. The van der Waals surface area contributed by atoms with Gasteiger partial charge < -0.3 is 0 Å². The first-order valence-electron chi connectivity index (χ1n) is 12.1. The molecule has 1 spiro atoms. The molecule has 2 aliphatic rings. The molecular weight excluding hydrogens is 588 g/mol. The monoisotopic (exact) mass is 607 g/mol. The van der Waals surface area contributed by atoms with Crippen LogP contribution < -0.4 is 5.01 Å². The topological polar surface area (TPSA) is 46.8 Å². The number of benzene rings is 2. The minimum atomic E-state index is -0.324. The molecule has 0 unspecified atom stereocenters. The third-order valence-corrected chi connectivity index (χ3v) is 12.3. The van der Waals surface area contributed by atoms with E-state index in [2.05, 4.69) is 90.2 Å². The van der Waals surface area contributed by atoms with Gasteiger partial charge in [0.15, 0.2) is 0 Å². The van der Waals surface area contributed by atoms with Crippen molar-refractivity contribution in [2.45, 2.75) is 5.41 Å². The molecule has 7 heteroatoms. The summed E-state index contributed by atoms with van der Waals surface area (Å²) >= 11 is 0.758. The van der Waals surface area contributed by atoms with Crippen LogP contribution in [-0.2, 0) is 5.41 Å². The van der Waals surface area contributed by atoms with Crippen LogP contribution in [0.4, 0.5) is 11.4 Å². The summed E-state index contributed by atoms with van der Waals surface area (Å²) in [6.45, 7) is 0. The van der Waals surface area contributed by atoms with E-state index in [0.717, 1.165) is 33.4 Å². The van der Waals surface area contributed by atoms with Gasteiger partial charge in [-0.3, -0.25) is 0 Å². The van der Waals surface area contributed by atoms with Gasteiger partial charge >= 0.3 is 225 Å². The number of aromatic nitrogens is 4. The zero-order valence-electron chi connectivity index (χ0n) is 19.4. The number of fused-ring (bicyclic) bond motifs is 11. The van der Waals surface area contributed by atoms with Gasteiger partial charge in [-0.15, -0.1) is 0 Å². The molecule has 0 atom stereocenters. The Morgan fingerprint density at radius 1 is 0.649 bits per heavy atom. The number of pyridine rings is 2. The van der Waals surface area contributed by atoms with Crippen LogP contribution in [0.5, 0.6) is 0 Å². The Morgan fingerprint density at radius 3 is 2.30 bits per heavy atom. The van der Waals surface area contributed by atoms with E-state index in [-0.39, 0.29) is 5.41 Å². The van der Waals surface area contributed by atoms with Gasteiger partial charge in [0.2, 0.25) is 0 Å². The minimum absolute atomic E-state index is 0.324. The van der Waals surface area contributed by atoms with E-state index in [1.54, 1.807) is 15.1 Å². The van der Waals surface area contributed by atoms with E-state index in [9.17, 15) is 0 Å². The quantitative estimate of drug-likeness (QED) is 0.236. The summed E-state index contributed by atoms with van der Waals surface area (Å²) in [7, 11) is 0. The molecule has 1 aliphatic heterocycles. The number of hydrogen-bond acceptors (Lipinski definition) is 4. The zero-order valence-corrected chi connectivity index (χ0v) is 22.8. The number of imidazole rings is 1. The Morgan fingerprint density at radius 2 is 1.43 bits per heavy atom. The first kappa shape index (κ1) is 20.3. The average Bonchev–Trinajstić information content (AvgIpc) is 3.73. The van der Waals surface area contributed by atoms with Crippen molar-refractivity contribution in [3.05, 3.63) is 124 Å². The van der Waals surface area contributed by atoms with E-state index >= 15 is 0 Å². The first-order chi connectivity index (χ1) is 18.4. The fourth-order valence-electron chi connectivity index (χ4n) is 6.35. The second-order valence-corrected chi connectivity index (χ2v) is 13.3. The summed E-state index contributed by atoms with van der Waals surface area (Å²) in [5, 5.41) is 3.47. The molecule has 0 saturated heterocycles. The first-order valence-corrected chi connectivity index (χ1v) is 15.8. The molecule has 5 nitrogen and oxygen atoms in total. The number of para-hydroxylation sites is 1. The average molecular weight is 605 g/mol. The summed E-state index contributed by atoms with van der Waals surface area (Å²) < 4.78 is 5.32. The fraction of sp³-hybridized carbons (Fsp3) is 0.0333. The molecule has 6 heterocycles. The Labute approximate surface area is 224 Å². The molecule has 0 bridgehead atoms. The second kappa shape index (κ2) is 7.18. The molecular formula is C30H17N5Se2. The number of nitrogens with zero attached hydrogens (tertiary/aromatic N) is 5. The fourth-order valence-corrected chi connectivity index (χ4v) is 11.2. The van der Waals surface area contributed by atoms with Crippen molar-refractivity contribution in [3.63, 3.8) is 0 Å². The standard InChI is InChI=1S/C30H17N5Se2/c1-2-7-24-19(6-1)30(20-9-13-36-27(20)28-21(30)10-14-37-28)22-15-18-5-3-11-31-23(18)16-26(22)35(24)34-17-33-29-25(34)8-4-12-32-29/h1-17H. The van der Waals surface area contributed by atoms with Crippen LogP contribution in [0.2, 0.25) is 0 Å². The Kier molecular flexibility index (Phi) is 3.95. The molecule has 0 fully saturated rings. The summed E-state index contributed by atoms with van der Waals surface area (Å²) in [6.07, 6.45) is 5.57. The molecule has 9 rings (SSSR count). The van der Waals surface area contributed by atoms with Crippen molar-refractivity contribution in [2.24, 2.45) is 0 Å². The van der Waals surface area contributed by atoms with Gasteiger partial charge in [0.1, 0.15) is 0 Å². The number of hydrogen-bond donors (Lipinski definition) is 0. The Hall–Kier alpha value is -3.73. The molecule has 1 aliphatic carbocycles. The van der Waals surface area contributed by atoms with Crippen molar-refractivity contribution in [1.29, 1.82) is 0 Å². The summed E-state index contributed by atoms with van der Waals surface area (Å²) in [4.78, 5) is 18.7. The van der Waals surface area contributed by atoms with Crippen LogP contribution in [0.1, 0.15) is 22.3 Å². The van der Waals surface area contributed by atoms with Crippen molar-refractivity contribution in [1.82, 2.24) is 19.6 Å². The molecule has 37 heavy (non-hydrogen) atoms. The maximum atomic E-state index is 4.76. The van der Waals surface area contributed by atoms with E-state index in [1.807, 2.05) is 24.7 Å². The molecule has 0 radical (unpaired) electrons. The normalized spacial score (nSPS) is 14.6. The molecule has 7 aromatic rings. The van der Waals surface area contributed by atoms with Crippen molar-refractivity contribution >= 4 is 62.4 Å². The second-order valence-electron chi connectivity index (χ2n) is 9.41.